The van der Waals surface area contributed by atoms with Crippen molar-refractivity contribution in [2.45, 2.75) is 18.9 Å². The van der Waals surface area contributed by atoms with Crippen molar-refractivity contribution in [1.82, 2.24) is 14.4 Å². The fraction of sp³-hybridized carbons (Fsp3) is 0.250. The van der Waals surface area contributed by atoms with Crippen molar-refractivity contribution in [1.29, 1.82) is 0 Å². The molecule has 1 saturated carbocycles. The van der Waals surface area contributed by atoms with Crippen molar-refractivity contribution >= 4 is 44.8 Å². The van der Waals surface area contributed by atoms with Gasteiger partial charge in [0.2, 0.25) is 0 Å². The van der Waals surface area contributed by atoms with E-state index in [1.54, 1.807) is 37.6 Å². The number of fused-ring (bicyclic) bond motifs is 4. The number of carbonyl (C=O) groups is 1. The number of carboxylic acid groups (broad SMARTS) is 1. The van der Waals surface area contributed by atoms with Crippen LogP contribution in [-0.4, -0.2) is 51.6 Å². The molecule has 5 aromatic rings. The van der Waals surface area contributed by atoms with Crippen LogP contribution in [0.3, 0.4) is 0 Å². The number of halogens is 2. The number of aromatic nitrogens is 3. The van der Waals surface area contributed by atoms with E-state index in [1.165, 1.54) is 10.5 Å². The molecule has 2 fully saturated rings. The molecule has 0 bridgehead atoms. The molecule has 5 heterocycles. The zero-order valence-corrected chi connectivity index (χ0v) is 20.9. The van der Waals surface area contributed by atoms with Gasteiger partial charge in [-0.05, 0) is 31.0 Å². The Labute approximate surface area is 219 Å². The van der Waals surface area contributed by atoms with Crippen LogP contribution >= 0.6 is 0 Å². The molecule has 0 unspecified atom stereocenters. The van der Waals surface area contributed by atoms with Crippen LogP contribution in [0.15, 0.2) is 47.5 Å². The lowest BCUT2D eigenvalue weighted by atomic mass is 10.0. The van der Waals surface area contributed by atoms with Gasteiger partial charge in [0.15, 0.2) is 11.6 Å². The number of anilines is 2. The van der Waals surface area contributed by atoms with E-state index in [-0.39, 0.29) is 22.4 Å². The van der Waals surface area contributed by atoms with Gasteiger partial charge in [0.05, 0.1) is 27.7 Å². The van der Waals surface area contributed by atoms with Crippen molar-refractivity contribution in [3.05, 3.63) is 70.3 Å². The minimum Gasteiger partial charge on any atom is -0.477 e. The van der Waals surface area contributed by atoms with Crippen molar-refractivity contribution in [2.75, 3.05) is 30.4 Å². The smallest absolute Gasteiger partial charge is 0.341 e. The Morgan fingerprint density at radius 1 is 1.26 bits per heavy atom. The van der Waals surface area contributed by atoms with Crippen LogP contribution in [0.5, 0.6) is 0 Å². The monoisotopic (exact) mass is 530 g/mol. The summed E-state index contributed by atoms with van der Waals surface area (Å²) in [7, 11) is 1.63. The van der Waals surface area contributed by atoms with Gasteiger partial charge in [-0.2, -0.15) is 0 Å². The van der Waals surface area contributed by atoms with Crippen molar-refractivity contribution in [2.24, 2.45) is 11.1 Å². The highest BCUT2D eigenvalue weighted by Gasteiger charge is 2.56. The normalized spacial score (nSPS) is 20.5. The summed E-state index contributed by atoms with van der Waals surface area (Å²) in [4.78, 5) is 34.4. The van der Waals surface area contributed by atoms with E-state index < -0.39 is 23.2 Å². The molecule has 7 rings (SSSR count). The van der Waals surface area contributed by atoms with Gasteiger partial charge in [-0.15, -0.1) is 0 Å². The number of aromatic amines is 1. The van der Waals surface area contributed by atoms with Crippen molar-refractivity contribution in [3.8, 4) is 11.1 Å². The molecule has 5 N–H and O–H groups in total. The number of rotatable bonds is 4. The van der Waals surface area contributed by atoms with Crippen molar-refractivity contribution < 1.29 is 18.7 Å². The van der Waals surface area contributed by atoms with E-state index in [2.05, 4.69) is 20.2 Å². The number of hydrogen-bond acceptors (Lipinski definition) is 6. The topological polar surface area (TPSA) is 129 Å². The number of nitrogens with one attached hydrogen (secondary N) is 2. The van der Waals surface area contributed by atoms with Gasteiger partial charge in [0.25, 0.3) is 5.56 Å². The first-order chi connectivity index (χ1) is 18.7. The fourth-order valence-corrected chi connectivity index (χ4v) is 6.13. The summed E-state index contributed by atoms with van der Waals surface area (Å²) >= 11 is 0. The van der Waals surface area contributed by atoms with Crippen LogP contribution < -0.4 is 21.5 Å². The molecule has 11 heteroatoms. The van der Waals surface area contributed by atoms with Gasteiger partial charge >= 0.3 is 5.97 Å². The average Bonchev–Trinajstić information content (AvgIpc) is 3.23. The molecule has 1 spiro atoms. The van der Waals surface area contributed by atoms with E-state index in [9.17, 15) is 19.1 Å². The Bertz CT molecular complexity index is 1930. The van der Waals surface area contributed by atoms with Crippen LogP contribution in [0.1, 0.15) is 23.2 Å². The minimum atomic E-state index is -1.32. The summed E-state index contributed by atoms with van der Waals surface area (Å²) < 4.78 is 31.6. The third-order valence-electron chi connectivity index (χ3n) is 8.38. The number of hydrogen-bond donors (Lipinski definition) is 4. The quantitative estimate of drug-likeness (QED) is 0.277. The maximum atomic E-state index is 15.5. The van der Waals surface area contributed by atoms with E-state index in [0.29, 0.717) is 57.7 Å². The number of H-pyrrole nitrogens is 1. The van der Waals surface area contributed by atoms with Crippen LogP contribution in [0.2, 0.25) is 0 Å². The maximum Gasteiger partial charge on any atom is 0.341 e. The number of nitrogens with two attached hydrogens (primary N) is 1. The van der Waals surface area contributed by atoms with Crippen LogP contribution in [0.25, 0.3) is 38.6 Å². The Kier molecular flexibility index (Phi) is 4.84. The highest BCUT2D eigenvalue weighted by Crippen LogP contribution is 2.54. The van der Waals surface area contributed by atoms with Gasteiger partial charge in [-0.25, -0.2) is 18.6 Å². The van der Waals surface area contributed by atoms with Crippen molar-refractivity contribution in [3.63, 3.8) is 0 Å². The second-order valence-electron chi connectivity index (χ2n) is 10.5. The summed E-state index contributed by atoms with van der Waals surface area (Å²) in [6, 6.07) is 7.56. The predicted octanol–water partition coefficient (Wildman–Crippen LogP) is 3.94. The highest BCUT2D eigenvalue weighted by molar-refractivity contribution is 6.18. The summed E-state index contributed by atoms with van der Waals surface area (Å²) in [6.07, 6.45) is 4.98. The maximum absolute atomic E-state index is 15.5. The Hall–Kier alpha value is -4.51. The van der Waals surface area contributed by atoms with Crippen LogP contribution in [0.4, 0.5) is 20.2 Å². The molecule has 4 aromatic heterocycles. The van der Waals surface area contributed by atoms with Gasteiger partial charge < -0.3 is 26.0 Å². The standard InChI is InChI=1S/C28H24F2N6O3/c1-32-18-8-17(29)22(30)20-21-24(35-7-6-28(12-35)9-19(28)31)16(10-33-25(21)34-23(18)20)13-2-3-14-4-5-15(27(38)39)26(37)36(14)11-13/h2-5,8,10-11,19,32H,6-7,9,12,31H2,1H3,(H,33,34)(H,38,39)/t19-,28+/m1/s1. The zero-order valence-electron chi connectivity index (χ0n) is 20.9. The second-order valence-corrected chi connectivity index (χ2v) is 10.5. The van der Waals surface area contributed by atoms with E-state index in [1.807, 2.05) is 0 Å². The molecule has 1 aliphatic carbocycles. The van der Waals surface area contributed by atoms with Gasteiger partial charge in [0, 0.05) is 66.7 Å². The second kappa shape index (κ2) is 8.00. The molecule has 2 atom stereocenters. The molecule has 1 aliphatic heterocycles. The Balaban J connectivity index is 1.55. The Morgan fingerprint density at radius 3 is 2.72 bits per heavy atom. The van der Waals surface area contributed by atoms with E-state index >= 15 is 4.39 Å². The molecule has 2 aliphatic rings. The van der Waals surface area contributed by atoms with E-state index in [4.69, 9.17) is 5.73 Å². The molecule has 0 radical (unpaired) electrons. The summed E-state index contributed by atoms with van der Waals surface area (Å²) in [6.45, 7) is 1.32. The minimum absolute atomic E-state index is 0.0182. The number of carboxylic acids is 1. The molecular formula is C28H24F2N6O3. The average molecular weight is 531 g/mol. The van der Waals surface area contributed by atoms with Gasteiger partial charge in [0.1, 0.15) is 11.2 Å². The van der Waals surface area contributed by atoms with Crippen LogP contribution in [0, 0.1) is 17.0 Å². The molecular weight excluding hydrogens is 506 g/mol. The number of benzene rings is 1. The number of nitrogens with zero attached hydrogens (tertiary/aromatic N) is 3. The lowest BCUT2D eigenvalue weighted by Crippen LogP contribution is -2.24. The first kappa shape index (κ1) is 23.6. The summed E-state index contributed by atoms with van der Waals surface area (Å²) in [5.74, 6) is -3.28. The first-order valence-corrected chi connectivity index (χ1v) is 12.6. The van der Waals surface area contributed by atoms with E-state index in [0.717, 1.165) is 18.9 Å². The SMILES string of the molecule is CNc1cc(F)c(F)c2c1[nH]c1ncc(-c3ccc4ccc(C(=O)O)c(=O)n4c3)c(N3CC[C@]4(C[C@H]4N)C3)c12. The highest BCUT2D eigenvalue weighted by atomic mass is 19.2. The zero-order chi connectivity index (χ0) is 27.2. The molecule has 1 saturated heterocycles. The largest absolute Gasteiger partial charge is 0.477 e. The van der Waals surface area contributed by atoms with Gasteiger partial charge in [-0.1, -0.05) is 6.07 Å². The number of pyridine rings is 3. The Morgan fingerprint density at radius 2 is 2.03 bits per heavy atom. The first-order valence-electron chi connectivity index (χ1n) is 12.6. The molecule has 198 valence electrons. The lowest BCUT2D eigenvalue weighted by molar-refractivity contribution is 0.0694. The third kappa shape index (κ3) is 3.29. The third-order valence-corrected chi connectivity index (χ3v) is 8.38. The molecule has 0 amide bonds. The molecule has 9 nitrogen and oxygen atoms in total. The molecule has 1 aromatic carbocycles. The number of aromatic carboxylic acids is 1. The van der Waals surface area contributed by atoms with Crippen LogP contribution in [-0.2, 0) is 0 Å². The molecule has 39 heavy (non-hydrogen) atoms. The lowest BCUT2D eigenvalue weighted by Gasteiger charge is -2.24. The fourth-order valence-electron chi connectivity index (χ4n) is 6.13. The summed E-state index contributed by atoms with van der Waals surface area (Å²) in [5.41, 5.74) is 8.82. The predicted molar refractivity (Wildman–Crippen MR) is 145 cm³/mol. The van der Waals surface area contributed by atoms with Gasteiger partial charge in [-0.3, -0.25) is 9.20 Å². The summed E-state index contributed by atoms with van der Waals surface area (Å²) in [5, 5.41) is 12.9.